The number of fused-ring (bicyclic) bond motifs is 1. The molecule has 0 heterocycles. The van der Waals surface area contributed by atoms with Gasteiger partial charge in [-0.05, 0) is 17.2 Å². The first kappa shape index (κ1) is 8.70. The summed E-state index contributed by atoms with van der Waals surface area (Å²) in [5.41, 5.74) is 4.82. The lowest BCUT2D eigenvalue weighted by atomic mass is 10.6. The van der Waals surface area contributed by atoms with Crippen LogP contribution in [0.5, 0.6) is 0 Å². The average Bonchev–Trinajstić information content (AvgIpc) is 2.60. The molecular weight excluding hydrogens is 156 g/mol. The fourth-order valence-corrected chi connectivity index (χ4v) is 0.763. The van der Waals surface area contributed by atoms with Crippen molar-refractivity contribution in [3.05, 3.63) is 24.3 Å². The summed E-state index contributed by atoms with van der Waals surface area (Å²) < 4.78 is 0. The van der Waals surface area contributed by atoms with E-state index in [4.69, 9.17) is 5.11 Å². The molecule has 0 atom stereocenters. The predicted molar refractivity (Wildman–Crippen MR) is 45.3 cm³/mol. The smallest absolute Gasteiger partial charge is 0.318 e. The molecule has 0 unspecified atom stereocenters. The van der Waals surface area contributed by atoms with E-state index in [9.17, 15) is 4.79 Å². The zero-order valence-electron chi connectivity index (χ0n) is 6.45. The van der Waals surface area contributed by atoms with Gasteiger partial charge < -0.3 is 5.11 Å². The van der Waals surface area contributed by atoms with Gasteiger partial charge in [0.05, 0.1) is 0 Å². The number of carbonyl (C=O) groups is 1. The van der Waals surface area contributed by atoms with Gasteiger partial charge in [-0.15, -0.1) is 0 Å². The van der Waals surface area contributed by atoms with Crippen molar-refractivity contribution in [3.63, 3.8) is 0 Å². The van der Waals surface area contributed by atoms with Crippen molar-refractivity contribution in [2.24, 2.45) is 5.84 Å². The second kappa shape index (κ2) is 3.85. The second-order valence-electron chi connectivity index (χ2n) is 2.36. The van der Waals surface area contributed by atoms with E-state index in [0.717, 1.165) is 0 Å². The fraction of sp³-hybridized carbons (Fsp3) is 0.125. The number of benzene rings is 1. The minimum absolute atomic E-state index is 0.181. The summed E-state index contributed by atoms with van der Waals surface area (Å²) in [5.74, 6) is 3.65. The maximum Gasteiger partial charge on any atom is 0.318 e. The molecule has 4 heteroatoms. The minimum Gasteiger partial charge on any atom is -0.480 e. The van der Waals surface area contributed by atoms with Gasteiger partial charge in [0.1, 0.15) is 6.54 Å². The van der Waals surface area contributed by atoms with Crippen LogP contribution in [0.4, 0.5) is 0 Å². The number of carboxylic acids is 1. The summed E-state index contributed by atoms with van der Waals surface area (Å²) in [6.07, 6.45) is 0. The number of aliphatic carboxylic acids is 1. The Kier molecular flexibility index (Phi) is 2.79. The van der Waals surface area contributed by atoms with Crippen molar-refractivity contribution in [3.8, 4) is 11.1 Å². The van der Waals surface area contributed by atoms with E-state index in [2.05, 4.69) is 30.1 Å². The standard InChI is InChI=1S/C6H4.C2H6N2O2/c1-2-5-4-6(5)3-1;3-4-1-2(5)6/h1-4H;4H,1,3H2,(H,5,6). The van der Waals surface area contributed by atoms with Gasteiger partial charge in [0.2, 0.25) is 0 Å². The highest BCUT2D eigenvalue weighted by atomic mass is 16.4. The van der Waals surface area contributed by atoms with Gasteiger partial charge in [0.25, 0.3) is 0 Å². The van der Waals surface area contributed by atoms with Crippen LogP contribution in [0, 0.1) is 0 Å². The third kappa shape index (κ3) is 2.69. The molecule has 0 saturated heterocycles. The van der Waals surface area contributed by atoms with Gasteiger partial charge in [-0.3, -0.25) is 10.6 Å². The molecule has 2 aliphatic rings. The molecule has 0 fully saturated rings. The maximum atomic E-state index is 9.46. The Balaban J connectivity index is 0.000000120. The summed E-state index contributed by atoms with van der Waals surface area (Å²) in [5, 5.41) is 7.77. The molecule has 4 N–H and O–H groups in total. The lowest BCUT2D eigenvalue weighted by Gasteiger charge is -1.84. The van der Waals surface area contributed by atoms with Crippen molar-refractivity contribution in [1.29, 1.82) is 0 Å². The van der Waals surface area contributed by atoms with Crippen LogP contribution in [0.15, 0.2) is 24.3 Å². The number of carboxylic acid groups (broad SMARTS) is 1. The van der Waals surface area contributed by atoms with Gasteiger partial charge in [-0.25, -0.2) is 5.43 Å². The number of rotatable bonds is 2. The molecule has 0 bridgehead atoms. The van der Waals surface area contributed by atoms with Crippen molar-refractivity contribution < 1.29 is 9.90 Å². The Bertz CT molecular complexity index is 269. The van der Waals surface area contributed by atoms with Crippen LogP contribution in [0.2, 0.25) is 0 Å². The van der Waals surface area contributed by atoms with Gasteiger partial charge in [0, 0.05) is 0 Å². The molecule has 0 radical (unpaired) electrons. The normalized spacial score (nSPS) is 9.75. The van der Waals surface area contributed by atoms with E-state index in [1.165, 1.54) is 11.1 Å². The molecule has 4 nitrogen and oxygen atoms in total. The van der Waals surface area contributed by atoms with Crippen LogP contribution in [0.1, 0.15) is 0 Å². The number of nitrogens with one attached hydrogen (secondary N) is 1. The van der Waals surface area contributed by atoms with Gasteiger partial charge in [-0.1, -0.05) is 18.2 Å². The SMILES string of the molecule is NNCC(=O)O.c1cc2cc-2c1. The van der Waals surface area contributed by atoms with E-state index in [1.54, 1.807) is 0 Å². The highest BCUT2D eigenvalue weighted by Crippen LogP contribution is 2.32. The zero-order valence-corrected chi connectivity index (χ0v) is 6.45. The number of hydrazine groups is 1. The predicted octanol–water partition coefficient (Wildman–Crippen LogP) is 0.201. The summed E-state index contributed by atoms with van der Waals surface area (Å²) >= 11 is 0. The Hall–Kier alpha value is -1.39. The number of hydrogen-bond acceptors (Lipinski definition) is 3. The lowest BCUT2D eigenvalue weighted by Crippen LogP contribution is -2.28. The molecule has 0 amide bonds. The van der Waals surface area contributed by atoms with E-state index < -0.39 is 5.97 Å². The molecule has 64 valence electrons. The Morgan fingerprint density at radius 2 is 2.08 bits per heavy atom. The van der Waals surface area contributed by atoms with Gasteiger partial charge >= 0.3 is 5.97 Å². The lowest BCUT2D eigenvalue weighted by molar-refractivity contribution is -0.135. The van der Waals surface area contributed by atoms with E-state index in [0.29, 0.717) is 0 Å². The van der Waals surface area contributed by atoms with Crippen LogP contribution in [0.3, 0.4) is 0 Å². The van der Waals surface area contributed by atoms with E-state index in [1.807, 2.05) is 5.43 Å². The zero-order chi connectivity index (χ0) is 8.97. The molecule has 0 aromatic heterocycles. The number of nitrogens with two attached hydrogens (primary N) is 1. The quantitative estimate of drug-likeness (QED) is 0.440. The van der Waals surface area contributed by atoms with E-state index in [-0.39, 0.29) is 6.54 Å². The van der Waals surface area contributed by atoms with Gasteiger partial charge in [-0.2, -0.15) is 0 Å². The van der Waals surface area contributed by atoms with Crippen LogP contribution < -0.4 is 11.3 Å². The Morgan fingerprint density at radius 1 is 1.50 bits per heavy atom. The Labute approximate surface area is 70.0 Å². The van der Waals surface area contributed by atoms with Crippen molar-refractivity contribution in [2.75, 3.05) is 6.54 Å². The average molecular weight is 166 g/mol. The highest BCUT2D eigenvalue weighted by molar-refractivity contribution is 5.80. The molecule has 12 heavy (non-hydrogen) atoms. The van der Waals surface area contributed by atoms with Crippen LogP contribution >= 0.6 is 0 Å². The second-order valence-corrected chi connectivity index (χ2v) is 2.36. The first-order chi connectivity index (χ1) is 5.74. The van der Waals surface area contributed by atoms with Gasteiger partial charge in [0.15, 0.2) is 0 Å². The molecular formula is C8H10N2O2. The first-order valence-electron chi connectivity index (χ1n) is 3.49. The van der Waals surface area contributed by atoms with Crippen molar-refractivity contribution >= 4 is 5.97 Å². The molecule has 0 aromatic rings. The fourth-order valence-electron chi connectivity index (χ4n) is 0.763. The molecule has 0 spiro atoms. The van der Waals surface area contributed by atoms with Crippen LogP contribution in [0.25, 0.3) is 11.1 Å². The monoisotopic (exact) mass is 166 g/mol. The molecule has 0 saturated carbocycles. The molecule has 2 rings (SSSR count). The summed E-state index contributed by atoms with van der Waals surface area (Å²) in [6, 6.07) is 8.48. The summed E-state index contributed by atoms with van der Waals surface area (Å²) in [4.78, 5) is 9.46. The van der Waals surface area contributed by atoms with Crippen LogP contribution in [-0.4, -0.2) is 17.6 Å². The van der Waals surface area contributed by atoms with Crippen molar-refractivity contribution in [1.82, 2.24) is 5.43 Å². The minimum atomic E-state index is -0.947. The largest absolute Gasteiger partial charge is 0.480 e. The van der Waals surface area contributed by atoms with E-state index >= 15 is 0 Å². The third-order valence-electron chi connectivity index (χ3n) is 1.37. The topological polar surface area (TPSA) is 75.3 Å². The summed E-state index contributed by atoms with van der Waals surface area (Å²) in [6.45, 7) is -0.181. The first-order valence-corrected chi connectivity index (χ1v) is 3.49. The molecule has 0 aliphatic heterocycles. The molecule has 2 aliphatic carbocycles. The van der Waals surface area contributed by atoms with Crippen LogP contribution in [-0.2, 0) is 4.79 Å². The third-order valence-corrected chi connectivity index (χ3v) is 1.37. The van der Waals surface area contributed by atoms with Crippen molar-refractivity contribution in [2.45, 2.75) is 0 Å². The molecule has 0 aromatic carbocycles. The summed E-state index contributed by atoms with van der Waals surface area (Å²) in [7, 11) is 0. The Morgan fingerprint density at radius 3 is 2.17 bits per heavy atom. The number of hydrogen-bond donors (Lipinski definition) is 3. The highest BCUT2D eigenvalue weighted by Gasteiger charge is 2.06. The maximum absolute atomic E-state index is 9.46.